The third-order valence-electron chi connectivity index (χ3n) is 1.56. The summed E-state index contributed by atoms with van der Waals surface area (Å²) < 4.78 is 35.0. The molecule has 8 heteroatoms. The van der Waals surface area contributed by atoms with Crippen LogP contribution in [0.1, 0.15) is 10.4 Å². The first kappa shape index (κ1) is 12.3. The summed E-state index contributed by atoms with van der Waals surface area (Å²) >= 11 is 1.59. The van der Waals surface area contributed by atoms with Crippen LogP contribution in [0.5, 0.6) is 0 Å². The molecule has 0 saturated heterocycles. The predicted octanol–water partition coefficient (Wildman–Crippen LogP) is 0.776. The van der Waals surface area contributed by atoms with Crippen LogP contribution in [0.25, 0.3) is 0 Å². The average molecular weight is 345 g/mol. The number of hydrogen-bond acceptors (Lipinski definition) is 3. The Balaban J connectivity index is 3.58. The van der Waals surface area contributed by atoms with Gasteiger partial charge in [-0.05, 0) is 34.7 Å². The molecule has 0 aliphatic rings. The lowest BCUT2D eigenvalue weighted by atomic mass is 10.2. The van der Waals surface area contributed by atoms with Crippen LogP contribution in [0.4, 0.5) is 4.39 Å². The van der Waals surface area contributed by atoms with Gasteiger partial charge in [0.15, 0.2) is 0 Å². The number of halogens is 2. The van der Waals surface area contributed by atoms with Crippen molar-refractivity contribution in [3.63, 3.8) is 0 Å². The topological polar surface area (TPSA) is 97.5 Å². The second-order valence-electron chi connectivity index (χ2n) is 2.61. The zero-order valence-corrected chi connectivity index (χ0v) is 10.0. The lowest BCUT2D eigenvalue weighted by molar-refractivity contribution is 0.0695. The summed E-state index contributed by atoms with van der Waals surface area (Å²) in [6.45, 7) is 0. The second-order valence-corrected chi connectivity index (χ2v) is 5.30. The fraction of sp³-hybridized carbons (Fsp3) is 0. The quantitative estimate of drug-likeness (QED) is 0.774. The van der Waals surface area contributed by atoms with Crippen LogP contribution >= 0.6 is 22.6 Å². The second kappa shape index (κ2) is 4.02. The molecule has 0 fully saturated rings. The van der Waals surface area contributed by atoms with Gasteiger partial charge in [0.1, 0.15) is 10.7 Å². The summed E-state index contributed by atoms with van der Waals surface area (Å²) in [4.78, 5) is 9.83. The molecule has 82 valence electrons. The zero-order valence-electron chi connectivity index (χ0n) is 7.07. The van der Waals surface area contributed by atoms with Crippen molar-refractivity contribution in [1.29, 1.82) is 0 Å². The fourth-order valence-corrected chi connectivity index (χ4v) is 2.18. The van der Waals surface area contributed by atoms with Gasteiger partial charge in [0.25, 0.3) is 0 Å². The number of primary sulfonamides is 1. The van der Waals surface area contributed by atoms with Crippen molar-refractivity contribution >= 4 is 38.6 Å². The van der Waals surface area contributed by atoms with E-state index < -0.39 is 26.7 Å². The predicted molar refractivity (Wildman–Crippen MR) is 57.4 cm³/mol. The molecule has 3 N–H and O–H groups in total. The lowest BCUT2D eigenvalue weighted by Gasteiger charge is -2.04. The van der Waals surface area contributed by atoms with Crippen LogP contribution in [0.3, 0.4) is 0 Å². The highest BCUT2D eigenvalue weighted by Crippen LogP contribution is 2.20. The zero-order chi connectivity index (χ0) is 11.8. The summed E-state index contributed by atoms with van der Waals surface area (Å²) in [6, 6.07) is 1.51. The van der Waals surface area contributed by atoms with Crippen molar-refractivity contribution in [2.75, 3.05) is 0 Å². The maximum atomic E-state index is 13.1. The Hall–Kier alpha value is -0.740. The molecule has 0 amide bonds. The summed E-state index contributed by atoms with van der Waals surface area (Å²) in [5.74, 6) is -2.41. The molecule has 5 nitrogen and oxygen atoms in total. The van der Waals surface area contributed by atoms with Crippen LogP contribution in [-0.4, -0.2) is 19.5 Å². The average Bonchev–Trinajstić information content (AvgIpc) is 2.00. The Morgan fingerprint density at radius 2 is 2.00 bits per heavy atom. The molecule has 1 aromatic rings. The number of sulfonamides is 1. The number of aromatic carboxylic acids is 1. The van der Waals surface area contributed by atoms with Crippen LogP contribution in [-0.2, 0) is 10.0 Å². The fourth-order valence-electron chi connectivity index (χ4n) is 0.911. The van der Waals surface area contributed by atoms with E-state index in [4.69, 9.17) is 10.2 Å². The largest absolute Gasteiger partial charge is 0.478 e. The van der Waals surface area contributed by atoms with Crippen molar-refractivity contribution in [3.8, 4) is 0 Å². The maximum absolute atomic E-state index is 13.1. The number of carboxylic acids is 1. The third kappa shape index (κ3) is 2.63. The van der Waals surface area contributed by atoms with Gasteiger partial charge in [0.05, 0.1) is 5.56 Å². The van der Waals surface area contributed by atoms with Gasteiger partial charge in [-0.1, -0.05) is 0 Å². The summed E-state index contributed by atoms with van der Waals surface area (Å²) in [6.07, 6.45) is 0. The molecule has 0 spiro atoms. The van der Waals surface area contributed by atoms with Crippen LogP contribution in [0.2, 0.25) is 0 Å². The van der Waals surface area contributed by atoms with Gasteiger partial charge in [-0.15, -0.1) is 0 Å². The van der Waals surface area contributed by atoms with Gasteiger partial charge in [0, 0.05) is 3.57 Å². The normalized spacial score (nSPS) is 11.4. The number of carboxylic acid groups (broad SMARTS) is 1. The molecule has 15 heavy (non-hydrogen) atoms. The molecule has 1 rings (SSSR count). The molecule has 0 aliphatic carbocycles. The molecule has 0 radical (unpaired) electrons. The van der Waals surface area contributed by atoms with E-state index in [0.717, 1.165) is 6.07 Å². The monoisotopic (exact) mass is 345 g/mol. The van der Waals surface area contributed by atoms with E-state index in [1.807, 2.05) is 0 Å². The van der Waals surface area contributed by atoms with Crippen molar-refractivity contribution < 1.29 is 22.7 Å². The summed E-state index contributed by atoms with van der Waals surface area (Å²) in [5.41, 5.74) is -0.305. The lowest BCUT2D eigenvalue weighted by Crippen LogP contribution is -2.15. The smallest absolute Gasteiger partial charge is 0.336 e. The molecular formula is C7H5FINO4S. The van der Waals surface area contributed by atoms with E-state index in [1.165, 1.54) is 0 Å². The van der Waals surface area contributed by atoms with Crippen molar-refractivity contribution in [1.82, 2.24) is 0 Å². The van der Waals surface area contributed by atoms with Gasteiger partial charge < -0.3 is 5.11 Å². The van der Waals surface area contributed by atoms with E-state index in [0.29, 0.717) is 6.07 Å². The van der Waals surface area contributed by atoms with Gasteiger partial charge in [-0.3, -0.25) is 0 Å². The van der Waals surface area contributed by atoms with Gasteiger partial charge in [-0.2, -0.15) is 0 Å². The highest BCUT2D eigenvalue weighted by molar-refractivity contribution is 14.1. The van der Waals surface area contributed by atoms with Gasteiger partial charge in [-0.25, -0.2) is 22.7 Å². The number of rotatable bonds is 2. The van der Waals surface area contributed by atoms with E-state index in [9.17, 15) is 17.6 Å². The van der Waals surface area contributed by atoms with E-state index in [2.05, 4.69) is 0 Å². The molecule has 0 saturated carbocycles. The molecule has 0 aromatic heterocycles. The molecule has 0 unspecified atom stereocenters. The van der Waals surface area contributed by atoms with E-state index in [-0.39, 0.29) is 9.13 Å². The third-order valence-corrected chi connectivity index (χ3v) is 3.38. The number of benzene rings is 1. The number of hydrogen-bond donors (Lipinski definition) is 2. The first-order valence-electron chi connectivity index (χ1n) is 3.48. The Labute approximate surface area is 98.3 Å². The van der Waals surface area contributed by atoms with Crippen molar-refractivity contribution in [2.45, 2.75) is 4.90 Å². The number of carbonyl (C=O) groups is 1. The minimum Gasteiger partial charge on any atom is -0.478 e. The standard InChI is InChI=1S/C7H5FINO4S/c8-4-2-5(9)3(7(11)12)1-6(4)15(10,13)14/h1-2H,(H,11,12)(H2,10,13,14). The molecule has 0 atom stereocenters. The highest BCUT2D eigenvalue weighted by Gasteiger charge is 2.19. The maximum Gasteiger partial charge on any atom is 0.336 e. The first-order chi connectivity index (χ1) is 6.73. The Morgan fingerprint density at radius 1 is 1.47 bits per heavy atom. The molecular weight excluding hydrogens is 340 g/mol. The SMILES string of the molecule is NS(=O)(=O)c1cc(C(=O)O)c(I)cc1F. The summed E-state index contributed by atoms with van der Waals surface area (Å²) in [5, 5.41) is 13.4. The van der Waals surface area contributed by atoms with Crippen molar-refractivity contribution in [2.24, 2.45) is 5.14 Å². The molecule has 0 bridgehead atoms. The van der Waals surface area contributed by atoms with Gasteiger partial charge in [0.2, 0.25) is 10.0 Å². The Bertz CT molecular complexity index is 528. The van der Waals surface area contributed by atoms with Crippen molar-refractivity contribution in [3.05, 3.63) is 27.1 Å². The minimum absolute atomic E-state index is 0.102. The number of nitrogens with two attached hydrogens (primary N) is 1. The minimum atomic E-state index is -4.25. The Morgan fingerprint density at radius 3 is 2.40 bits per heavy atom. The van der Waals surface area contributed by atoms with Crippen LogP contribution < -0.4 is 5.14 Å². The van der Waals surface area contributed by atoms with Crippen LogP contribution in [0, 0.1) is 9.39 Å². The first-order valence-corrected chi connectivity index (χ1v) is 6.11. The molecule has 0 heterocycles. The molecule has 1 aromatic carbocycles. The Kier molecular flexibility index (Phi) is 3.31. The van der Waals surface area contributed by atoms with E-state index >= 15 is 0 Å². The summed E-state index contributed by atoms with van der Waals surface area (Å²) in [7, 11) is -4.25. The molecule has 0 aliphatic heterocycles. The highest BCUT2D eigenvalue weighted by atomic mass is 127. The van der Waals surface area contributed by atoms with Gasteiger partial charge >= 0.3 is 5.97 Å². The van der Waals surface area contributed by atoms with Crippen LogP contribution in [0.15, 0.2) is 17.0 Å². The van der Waals surface area contributed by atoms with E-state index in [1.54, 1.807) is 22.6 Å².